The Balaban J connectivity index is 1.87. The van der Waals surface area contributed by atoms with Crippen molar-refractivity contribution in [2.24, 2.45) is 11.8 Å². The van der Waals surface area contributed by atoms with E-state index in [4.69, 9.17) is 10.7 Å². The number of piperidine rings is 1. The topological polar surface area (TPSA) is 49.4 Å². The van der Waals surface area contributed by atoms with E-state index in [9.17, 15) is 8.42 Å². The van der Waals surface area contributed by atoms with Crippen molar-refractivity contribution in [1.82, 2.24) is 9.84 Å². The van der Waals surface area contributed by atoms with Crippen LogP contribution in [0.25, 0.3) is 0 Å². The van der Waals surface area contributed by atoms with Gasteiger partial charge in [0.15, 0.2) is 0 Å². The van der Waals surface area contributed by atoms with Gasteiger partial charge >= 0.3 is 9.24 Å². The van der Waals surface area contributed by atoms with Crippen molar-refractivity contribution in [3.05, 3.63) is 0 Å². The van der Waals surface area contributed by atoms with E-state index in [0.29, 0.717) is 5.92 Å². The zero-order valence-corrected chi connectivity index (χ0v) is 11.6. The van der Waals surface area contributed by atoms with Crippen molar-refractivity contribution in [1.29, 1.82) is 0 Å². The molecule has 1 heterocycles. The summed E-state index contributed by atoms with van der Waals surface area (Å²) >= 11 is 0. The Bertz CT molecular complexity index is 341. The quantitative estimate of drug-likeness (QED) is 0.807. The molecule has 0 bridgehead atoms. The van der Waals surface area contributed by atoms with E-state index >= 15 is 0 Å². The van der Waals surface area contributed by atoms with Gasteiger partial charge in [0.25, 0.3) is 0 Å². The van der Waals surface area contributed by atoms with Crippen LogP contribution in [-0.2, 0) is 9.24 Å². The molecular formula is C11H21ClN2O2S. The SMILES string of the molecule is O=S(=O)(Cl)NN1CCCC(C2CCCCC2)C1. The Morgan fingerprint density at radius 1 is 1.00 bits per heavy atom. The lowest BCUT2D eigenvalue weighted by atomic mass is 9.77. The van der Waals surface area contributed by atoms with Crippen LogP contribution in [0.3, 0.4) is 0 Å². The van der Waals surface area contributed by atoms with Gasteiger partial charge in [0, 0.05) is 23.8 Å². The molecule has 1 saturated heterocycles. The maximum Gasteiger partial charge on any atom is 0.310 e. The number of halogens is 1. The van der Waals surface area contributed by atoms with Crippen LogP contribution in [0.1, 0.15) is 44.9 Å². The lowest BCUT2D eigenvalue weighted by molar-refractivity contribution is 0.0997. The van der Waals surface area contributed by atoms with Gasteiger partial charge in [-0.15, -0.1) is 4.83 Å². The van der Waals surface area contributed by atoms with Crippen LogP contribution in [-0.4, -0.2) is 26.5 Å². The third-order valence-corrected chi connectivity index (χ3v) is 4.70. The Hall–Kier alpha value is 0.160. The fourth-order valence-corrected chi connectivity index (χ4v) is 4.00. The molecule has 2 rings (SSSR count). The molecule has 2 aliphatic rings. The molecule has 1 saturated carbocycles. The van der Waals surface area contributed by atoms with E-state index < -0.39 is 9.24 Å². The molecule has 2 fully saturated rings. The smallest absolute Gasteiger partial charge is 0.230 e. The fourth-order valence-electron chi connectivity index (χ4n) is 3.24. The van der Waals surface area contributed by atoms with E-state index in [1.54, 1.807) is 5.01 Å². The Morgan fingerprint density at radius 3 is 2.29 bits per heavy atom. The summed E-state index contributed by atoms with van der Waals surface area (Å²) < 4.78 is 22.0. The van der Waals surface area contributed by atoms with E-state index in [1.165, 1.54) is 38.5 Å². The lowest BCUT2D eigenvalue weighted by Crippen LogP contribution is -2.47. The zero-order chi connectivity index (χ0) is 12.3. The molecule has 1 aliphatic carbocycles. The van der Waals surface area contributed by atoms with Crippen molar-refractivity contribution in [3.63, 3.8) is 0 Å². The summed E-state index contributed by atoms with van der Waals surface area (Å²) in [6.45, 7) is 1.59. The predicted octanol–water partition coefficient (Wildman–Crippen LogP) is 2.27. The Morgan fingerprint density at radius 2 is 1.65 bits per heavy atom. The second-order valence-corrected chi connectivity index (χ2v) is 7.55. The van der Waals surface area contributed by atoms with Gasteiger partial charge in [-0.1, -0.05) is 32.1 Å². The van der Waals surface area contributed by atoms with Gasteiger partial charge in [0.1, 0.15) is 0 Å². The monoisotopic (exact) mass is 280 g/mol. The average molecular weight is 281 g/mol. The molecule has 0 spiro atoms. The minimum atomic E-state index is -3.63. The van der Waals surface area contributed by atoms with Gasteiger partial charge in [-0.05, 0) is 24.7 Å². The maximum atomic E-state index is 11.0. The van der Waals surface area contributed by atoms with Crippen LogP contribution in [0.4, 0.5) is 0 Å². The number of nitrogens with one attached hydrogen (secondary N) is 1. The number of rotatable bonds is 3. The lowest BCUT2D eigenvalue weighted by Gasteiger charge is -2.37. The van der Waals surface area contributed by atoms with Crippen molar-refractivity contribution >= 4 is 19.9 Å². The summed E-state index contributed by atoms with van der Waals surface area (Å²) in [6.07, 6.45) is 8.94. The number of nitrogens with zero attached hydrogens (tertiary/aromatic N) is 1. The summed E-state index contributed by atoms with van der Waals surface area (Å²) in [7, 11) is 1.59. The first-order valence-electron chi connectivity index (χ1n) is 6.51. The standard InChI is InChI=1S/C11H21ClN2O2S/c12-17(15,16)13-14-8-4-7-11(9-14)10-5-2-1-3-6-10/h10-11,13H,1-9H2. The number of hydrogen-bond donors (Lipinski definition) is 1. The highest BCUT2D eigenvalue weighted by Gasteiger charge is 2.29. The zero-order valence-electron chi connectivity index (χ0n) is 10.1. The van der Waals surface area contributed by atoms with Gasteiger partial charge < -0.3 is 0 Å². The van der Waals surface area contributed by atoms with Crippen molar-refractivity contribution in [3.8, 4) is 0 Å². The second-order valence-electron chi connectivity index (χ2n) is 5.28. The molecule has 1 atom stereocenters. The Kier molecular flexibility index (Phi) is 4.69. The highest BCUT2D eigenvalue weighted by Crippen LogP contribution is 2.34. The number of hydrogen-bond acceptors (Lipinski definition) is 3. The minimum Gasteiger partial charge on any atom is -0.230 e. The first kappa shape index (κ1) is 13.6. The van der Waals surface area contributed by atoms with Crippen molar-refractivity contribution in [2.45, 2.75) is 44.9 Å². The molecule has 0 aromatic carbocycles. The molecule has 17 heavy (non-hydrogen) atoms. The van der Waals surface area contributed by atoms with Crippen LogP contribution < -0.4 is 4.83 Å². The fraction of sp³-hybridized carbons (Fsp3) is 1.00. The molecule has 100 valence electrons. The maximum absolute atomic E-state index is 11.0. The normalized spacial score (nSPS) is 29.4. The molecule has 1 unspecified atom stereocenters. The van der Waals surface area contributed by atoms with Gasteiger partial charge in [0.2, 0.25) is 0 Å². The van der Waals surface area contributed by atoms with Gasteiger partial charge in [-0.25, -0.2) is 5.01 Å². The molecule has 0 aromatic rings. The minimum absolute atomic E-state index is 0.634. The number of hydrazine groups is 1. The van der Waals surface area contributed by atoms with E-state index in [0.717, 1.165) is 25.4 Å². The van der Waals surface area contributed by atoms with E-state index in [1.807, 2.05) is 0 Å². The summed E-state index contributed by atoms with van der Waals surface area (Å²) in [6, 6.07) is 0. The van der Waals surface area contributed by atoms with E-state index in [-0.39, 0.29) is 0 Å². The average Bonchev–Trinajstić information content (AvgIpc) is 2.28. The largest absolute Gasteiger partial charge is 0.310 e. The molecule has 0 aromatic heterocycles. The van der Waals surface area contributed by atoms with Crippen LogP contribution >= 0.6 is 10.7 Å². The summed E-state index contributed by atoms with van der Waals surface area (Å²) in [5, 5.41) is 1.77. The van der Waals surface area contributed by atoms with Crippen LogP contribution in [0.15, 0.2) is 0 Å². The molecule has 0 radical (unpaired) electrons. The van der Waals surface area contributed by atoms with Crippen molar-refractivity contribution in [2.75, 3.05) is 13.1 Å². The van der Waals surface area contributed by atoms with Gasteiger partial charge in [-0.3, -0.25) is 0 Å². The summed E-state index contributed by atoms with van der Waals surface area (Å²) in [5.41, 5.74) is 0. The molecule has 1 aliphatic heterocycles. The Labute approximate surface area is 108 Å². The molecular weight excluding hydrogens is 260 g/mol. The van der Waals surface area contributed by atoms with Crippen molar-refractivity contribution < 1.29 is 8.42 Å². The second kappa shape index (κ2) is 5.87. The van der Waals surface area contributed by atoms with Gasteiger partial charge in [-0.2, -0.15) is 8.42 Å². The molecule has 1 N–H and O–H groups in total. The first-order valence-corrected chi connectivity index (χ1v) is 8.82. The molecule has 4 nitrogen and oxygen atoms in total. The summed E-state index contributed by atoms with van der Waals surface area (Å²) in [5.74, 6) is 1.42. The highest BCUT2D eigenvalue weighted by atomic mass is 35.7. The predicted molar refractivity (Wildman–Crippen MR) is 68.8 cm³/mol. The van der Waals surface area contributed by atoms with Crippen LogP contribution in [0, 0.1) is 11.8 Å². The van der Waals surface area contributed by atoms with E-state index in [2.05, 4.69) is 4.83 Å². The third-order valence-electron chi connectivity index (χ3n) is 4.01. The van der Waals surface area contributed by atoms with Gasteiger partial charge in [0.05, 0.1) is 0 Å². The molecule has 6 heteroatoms. The van der Waals surface area contributed by atoms with Crippen LogP contribution in [0.5, 0.6) is 0 Å². The third kappa shape index (κ3) is 4.39. The van der Waals surface area contributed by atoms with Crippen LogP contribution in [0.2, 0.25) is 0 Å². The molecule has 0 amide bonds. The summed E-state index contributed by atoms with van der Waals surface area (Å²) in [4.78, 5) is 2.40. The highest BCUT2D eigenvalue weighted by molar-refractivity contribution is 8.12. The first-order chi connectivity index (χ1) is 8.04.